The van der Waals surface area contributed by atoms with Crippen molar-refractivity contribution < 1.29 is 4.79 Å². The van der Waals surface area contributed by atoms with Crippen molar-refractivity contribution in [1.82, 2.24) is 0 Å². The summed E-state index contributed by atoms with van der Waals surface area (Å²) in [5.74, 6) is 0.0155. The van der Waals surface area contributed by atoms with E-state index in [1.807, 2.05) is 59.5 Å². The molecule has 1 unspecified atom stereocenters. The zero-order chi connectivity index (χ0) is 19.0. The summed E-state index contributed by atoms with van der Waals surface area (Å²) >= 11 is 0. The Hall–Kier alpha value is -3.07. The molecule has 0 fully saturated rings. The van der Waals surface area contributed by atoms with E-state index in [0.717, 1.165) is 16.9 Å². The fourth-order valence-corrected chi connectivity index (χ4v) is 3.51. The molecule has 3 nitrogen and oxygen atoms in total. The lowest BCUT2D eigenvalue weighted by Crippen LogP contribution is -2.43. The van der Waals surface area contributed by atoms with Crippen LogP contribution in [0.1, 0.15) is 48.4 Å². The van der Waals surface area contributed by atoms with Crippen LogP contribution in [-0.4, -0.2) is 5.91 Å². The number of anilines is 2. The molecule has 0 aliphatic carbocycles. The van der Waals surface area contributed by atoms with Gasteiger partial charge in [0.1, 0.15) is 6.17 Å². The highest BCUT2D eigenvalue weighted by atomic mass is 16.2. The molecule has 136 valence electrons. The maximum atomic E-state index is 13.4. The molecule has 1 amide bonds. The third-order valence-corrected chi connectivity index (χ3v) is 5.05. The van der Waals surface area contributed by atoms with E-state index in [1.54, 1.807) is 0 Å². The second-order valence-corrected chi connectivity index (χ2v) is 7.98. The molecule has 3 aromatic carbocycles. The molecule has 0 radical (unpaired) electrons. The van der Waals surface area contributed by atoms with Crippen LogP contribution in [0.15, 0.2) is 78.9 Å². The van der Waals surface area contributed by atoms with Crippen LogP contribution in [-0.2, 0) is 5.41 Å². The van der Waals surface area contributed by atoms with Crippen molar-refractivity contribution in [3.05, 3.63) is 95.6 Å². The third-order valence-electron chi connectivity index (χ3n) is 5.05. The van der Waals surface area contributed by atoms with Gasteiger partial charge >= 0.3 is 0 Å². The first-order chi connectivity index (χ1) is 12.9. The van der Waals surface area contributed by atoms with E-state index in [9.17, 15) is 4.79 Å². The molecule has 1 N–H and O–H groups in total. The number of hydrogen-bond acceptors (Lipinski definition) is 2. The number of amides is 1. The normalized spacial score (nSPS) is 16.6. The fraction of sp³-hybridized carbons (Fsp3) is 0.208. The maximum absolute atomic E-state index is 13.4. The highest BCUT2D eigenvalue weighted by Gasteiger charge is 2.34. The quantitative estimate of drug-likeness (QED) is 0.633. The molecule has 0 saturated heterocycles. The molecule has 3 aromatic rings. The van der Waals surface area contributed by atoms with Gasteiger partial charge in [-0.05, 0) is 40.8 Å². The summed E-state index contributed by atoms with van der Waals surface area (Å²) in [6, 6.07) is 26.1. The predicted molar refractivity (Wildman–Crippen MR) is 111 cm³/mol. The largest absolute Gasteiger partial charge is 0.360 e. The Morgan fingerprint density at radius 1 is 0.815 bits per heavy atom. The summed E-state index contributed by atoms with van der Waals surface area (Å²) in [6.45, 7) is 6.58. The number of nitrogens with one attached hydrogen (secondary N) is 1. The van der Waals surface area contributed by atoms with E-state index >= 15 is 0 Å². The van der Waals surface area contributed by atoms with Crippen LogP contribution in [0, 0.1) is 0 Å². The number of rotatable bonds is 2. The zero-order valence-electron chi connectivity index (χ0n) is 15.9. The highest BCUT2D eigenvalue weighted by molar-refractivity contribution is 6.12. The molecule has 27 heavy (non-hydrogen) atoms. The van der Waals surface area contributed by atoms with Gasteiger partial charge in [-0.3, -0.25) is 9.69 Å². The van der Waals surface area contributed by atoms with E-state index in [1.165, 1.54) is 5.56 Å². The van der Waals surface area contributed by atoms with Crippen LogP contribution < -0.4 is 10.2 Å². The van der Waals surface area contributed by atoms with Crippen molar-refractivity contribution >= 4 is 17.3 Å². The van der Waals surface area contributed by atoms with E-state index in [2.05, 4.69) is 50.4 Å². The van der Waals surface area contributed by atoms with Gasteiger partial charge in [0.25, 0.3) is 5.91 Å². The van der Waals surface area contributed by atoms with Crippen LogP contribution in [0.5, 0.6) is 0 Å². The molecule has 4 rings (SSSR count). The SMILES string of the molecule is CC(C)(C)c1ccc(N2C(=O)c3ccccc3NC2c2ccccc2)cc1. The zero-order valence-corrected chi connectivity index (χ0v) is 15.9. The Bertz CT molecular complexity index is 956. The Kier molecular flexibility index (Phi) is 4.23. The predicted octanol–water partition coefficient (Wildman–Crippen LogP) is 5.76. The van der Waals surface area contributed by atoms with Crippen molar-refractivity contribution in [1.29, 1.82) is 0 Å². The number of carbonyl (C=O) groups is 1. The summed E-state index contributed by atoms with van der Waals surface area (Å²) < 4.78 is 0. The fourth-order valence-electron chi connectivity index (χ4n) is 3.51. The van der Waals surface area contributed by atoms with Gasteiger partial charge in [0.2, 0.25) is 0 Å². The Morgan fingerprint density at radius 3 is 2.11 bits per heavy atom. The number of carbonyl (C=O) groups excluding carboxylic acids is 1. The molecule has 1 aliphatic heterocycles. The highest BCUT2D eigenvalue weighted by Crippen LogP contribution is 2.37. The first-order valence-corrected chi connectivity index (χ1v) is 9.30. The molecule has 1 aliphatic rings. The molecular weight excluding hydrogens is 332 g/mol. The Morgan fingerprint density at radius 2 is 1.44 bits per heavy atom. The molecule has 0 spiro atoms. The van der Waals surface area contributed by atoms with Crippen LogP contribution in [0.25, 0.3) is 0 Å². The van der Waals surface area contributed by atoms with Crippen molar-refractivity contribution in [3.63, 3.8) is 0 Å². The monoisotopic (exact) mass is 356 g/mol. The minimum absolute atomic E-state index is 0.0155. The minimum atomic E-state index is -0.242. The van der Waals surface area contributed by atoms with E-state index in [0.29, 0.717) is 5.56 Å². The van der Waals surface area contributed by atoms with Gasteiger partial charge in [0.15, 0.2) is 0 Å². The van der Waals surface area contributed by atoms with Crippen LogP contribution in [0.2, 0.25) is 0 Å². The molecule has 0 saturated carbocycles. The number of nitrogens with zero attached hydrogens (tertiary/aromatic N) is 1. The van der Waals surface area contributed by atoms with E-state index in [4.69, 9.17) is 0 Å². The molecule has 0 aromatic heterocycles. The van der Waals surface area contributed by atoms with E-state index in [-0.39, 0.29) is 17.5 Å². The van der Waals surface area contributed by atoms with Crippen molar-refractivity contribution in [2.45, 2.75) is 32.4 Å². The molecule has 3 heteroatoms. The van der Waals surface area contributed by atoms with Crippen molar-refractivity contribution in [2.75, 3.05) is 10.2 Å². The second kappa shape index (κ2) is 6.58. The smallest absolute Gasteiger partial charge is 0.262 e. The summed E-state index contributed by atoms with van der Waals surface area (Å²) in [5.41, 5.74) is 4.85. The first kappa shape index (κ1) is 17.3. The van der Waals surface area contributed by atoms with E-state index < -0.39 is 0 Å². The lowest BCUT2D eigenvalue weighted by Gasteiger charge is -2.38. The lowest BCUT2D eigenvalue weighted by atomic mass is 9.87. The summed E-state index contributed by atoms with van der Waals surface area (Å²) in [4.78, 5) is 15.2. The Labute approximate surface area is 160 Å². The average molecular weight is 356 g/mol. The molecule has 1 atom stereocenters. The third kappa shape index (κ3) is 3.21. The number of para-hydroxylation sites is 1. The van der Waals surface area contributed by atoms with Crippen molar-refractivity contribution in [3.8, 4) is 0 Å². The van der Waals surface area contributed by atoms with Gasteiger partial charge in [0, 0.05) is 11.4 Å². The van der Waals surface area contributed by atoms with Crippen molar-refractivity contribution in [2.24, 2.45) is 0 Å². The van der Waals surface area contributed by atoms with Crippen LogP contribution in [0.4, 0.5) is 11.4 Å². The molecule has 1 heterocycles. The summed E-state index contributed by atoms with van der Waals surface area (Å²) in [7, 11) is 0. The first-order valence-electron chi connectivity index (χ1n) is 9.30. The van der Waals surface area contributed by atoms with Crippen LogP contribution in [0.3, 0.4) is 0 Å². The summed E-state index contributed by atoms with van der Waals surface area (Å²) in [5, 5.41) is 3.54. The van der Waals surface area contributed by atoms with Gasteiger partial charge in [-0.1, -0.05) is 75.4 Å². The van der Waals surface area contributed by atoms with Gasteiger partial charge in [-0.2, -0.15) is 0 Å². The number of benzene rings is 3. The minimum Gasteiger partial charge on any atom is -0.360 e. The topological polar surface area (TPSA) is 32.3 Å². The van der Waals surface area contributed by atoms with Gasteiger partial charge < -0.3 is 5.32 Å². The summed E-state index contributed by atoms with van der Waals surface area (Å²) in [6.07, 6.45) is -0.242. The van der Waals surface area contributed by atoms with Gasteiger partial charge in [0.05, 0.1) is 5.56 Å². The second-order valence-electron chi connectivity index (χ2n) is 7.98. The van der Waals surface area contributed by atoms with Gasteiger partial charge in [-0.25, -0.2) is 0 Å². The molecular formula is C24H24N2O. The standard InChI is InChI=1S/C24H24N2O/c1-24(2,3)18-13-15-19(16-14-18)26-22(17-9-5-4-6-10-17)25-21-12-8-7-11-20(21)23(26)27/h4-16,22,25H,1-3H3. The number of fused-ring (bicyclic) bond motifs is 1. The Balaban J connectivity index is 1.81. The van der Waals surface area contributed by atoms with Gasteiger partial charge in [-0.15, -0.1) is 0 Å². The number of hydrogen-bond donors (Lipinski definition) is 1. The average Bonchev–Trinajstić information content (AvgIpc) is 2.68. The van der Waals surface area contributed by atoms with Crippen LogP contribution >= 0.6 is 0 Å². The molecule has 0 bridgehead atoms. The maximum Gasteiger partial charge on any atom is 0.262 e. The lowest BCUT2D eigenvalue weighted by molar-refractivity contribution is 0.0975.